The molecule has 0 aliphatic heterocycles. The Bertz CT molecular complexity index is 1380. The molecule has 0 aromatic heterocycles. The van der Waals surface area contributed by atoms with Crippen molar-refractivity contribution in [1.82, 2.24) is 10.2 Å². The Hall–Kier alpha value is -4.33. The van der Waals surface area contributed by atoms with Gasteiger partial charge in [-0.3, -0.25) is 9.59 Å². The van der Waals surface area contributed by atoms with E-state index in [0.29, 0.717) is 12.1 Å². The fourth-order valence-electron chi connectivity index (χ4n) is 4.64. The van der Waals surface area contributed by atoms with Crippen LogP contribution in [0.3, 0.4) is 0 Å². The molecule has 0 saturated carbocycles. The van der Waals surface area contributed by atoms with Crippen molar-refractivity contribution in [3.8, 4) is 5.75 Å². The number of nitrogens with one attached hydrogen (secondary N) is 2. The summed E-state index contributed by atoms with van der Waals surface area (Å²) in [6.07, 6.45) is -0.0814. The van der Waals surface area contributed by atoms with Crippen molar-refractivity contribution in [3.63, 3.8) is 0 Å². The van der Waals surface area contributed by atoms with E-state index in [1.807, 2.05) is 76.2 Å². The molecule has 0 aliphatic rings. The zero-order valence-corrected chi connectivity index (χ0v) is 25.6. The Labute approximate surface area is 249 Å². The van der Waals surface area contributed by atoms with Gasteiger partial charge in [0, 0.05) is 23.2 Å². The van der Waals surface area contributed by atoms with Gasteiger partial charge in [-0.1, -0.05) is 73.7 Å². The van der Waals surface area contributed by atoms with Crippen LogP contribution in [0.25, 0.3) is 0 Å². The largest absolute Gasteiger partial charge is 0.508 e. The minimum atomic E-state index is -1.22. The average molecular weight is 574 g/mol. The van der Waals surface area contributed by atoms with Crippen LogP contribution in [-0.4, -0.2) is 45.1 Å². The lowest BCUT2D eigenvalue weighted by Gasteiger charge is -2.44. The monoisotopic (exact) mass is 573 g/mol. The topological polar surface area (TPSA) is 108 Å². The lowest BCUT2D eigenvalue weighted by atomic mass is 9.90. The number of alkyl carbamates (subject to hydrolysis) is 1. The van der Waals surface area contributed by atoms with E-state index in [4.69, 9.17) is 4.74 Å². The van der Waals surface area contributed by atoms with E-state index in [2.05, 4.69) is 10.6 Å². The van der Waals surface area contributed by atoms with Crippen LogP contribution in [0, 0.1) is 6.92 Å². The van der Waals surface area contributed by atoms with Crippen LogP contribution < -0.4 is 10.6 Å². The smallest absolute Gasteiger partial charge is 0.408 e. The number of ether oxygens (including phenoxy) is 1. The average Bonchev–Trinajstić information content (AvgIpc) is 2.92. The summed E-state index contributed by atoms with van der Waals surface area (Å²) >= 11 is 0. The number of amides is 3. The number of aryl methyl sites for hydroxylation is 1. The first-order valence-electron chi connectivity index (χ1n) is 14.2. The molecule has 8 heteroatoms. The number of phenols is 1. The standard InChI is InChI=1S/C34H43N3O5/c1-8-34(6,7)37(31(40)27(22-24-17-10-9-11-18-24)36-32(41)42-33(3,4)5)29(25-19-13-15-21-28(25)38)30(39)35-26-20-14-12-16-23(26)2/h9-21,27,29,38H,8,22H2,1-7H3,(H,35,39)(H,36,41). The Kier molecular flexibility index (Phi) is 10.4. The molecular formula is C34H43N3O5. The van der Waals surface area contributed by atoms with Gasteiger partial charge < -0.3 is 25.4 Å². The number of phenolic OH excluding ortho intramolecular Hbond substituents is 1. The number of hydrogen-bond donors (Lipinski definition) is 3. The lowest BCUT2D eigenvalue weighted by Crippen LogP contribution is -2.59. The lowest BCUT2D eigenvalue weighted by molar-refractivity contribution is -0.147. The summed E-state index contributed by atoms with van der Waals surface area (Å²) in [5, 5.41) is 16.7. The predicted molar refractivity (Wildman–Crippen MR) is 165 cm³/mol. The Morgan fingerprint density at radius 1 is 0.881 bits per heavy atom. The second kappa shape index (κ2) is 13.6. The first kappa shape index (κ1) is 32.2. The number of anilines is 1. The van der Waals surface area contributed by atoms with E-state index in [1.165, 1.54) is 11.0 Å². The van der Waals surface area contributed by atoms with E-state index < -0.39 is 41.1 Å². The summed E-state index contributed by atoms with van der Waals surface area (Å²) in [5.74, 6) is -1.09. The molecule has 2 atom stereocenters. The van der Waals surface area contributed by atoms with Crippen LogP contribution in [0.1, 0.15) is 70.7 Å². The molecule has 0 saturated heterocycles. The zero-order valence-electron chi connectivity index (χ0n) is 25.6. The maximum absolute atomic E-state index is 14.7. The Balaban J connectivity index is 2.15. The molecule has 0 fully saturated rings. The number of rotatable bonds is 10. The first-order chi connectivity index (χ1) is 19.7. The van der Waals surface area contributed by atoms with Gasteiger partial charge in [-0.15, -0.1) is 0 Å². The van der Waals surface area contributed by atoms with Crippen LogP contribution in [0.4, 0.5) is 10.5 Å². The highest BCUT2D eigenvalue weighted by atomic mass is 16.6. The molecule has 42 heavy (non-hydrogen) atoms. The third-order valence-electron chi connectivity index (χ3n) is 7.17. The summed E-state index contributed by atoms with van der Waals surface area (Å²) in [6.45, 7) is 12.8. The molecule has 3 aromatic carbocycles. The molecule has 3 rings (SSSR count). The van der Waals surface area contributed by atoms with Crippen molar-refractivity contribution >= 4 is 23.6 Å². The fraction of sp³-hybridized carbons (Fsp3) is 0.382. The molecule has 0 aliphatic carbocycles. The summed E-state index contributed by atoms with van der Waals surface area (Å²) in [7, 11) is 0. The van der Waals surface area contributed by atoms with Crippen LogP contribution in [0.2, 0.25) is 0 Å². The summed E-state index contributed by atoms with van der Waals surface area (Å²) in [4.78, 5) is 43.4. The van der Waals surface area contributed by atoms with Crippen LogP contribution in [0.15, 0.2) is 78.9 Å². The maximum Gasteiger partial charge on any atom is 0.408 e. The number of carbonyl (C=O) groups is 3. The molecule has 0 heterocycles. The third kappa shape index (κ3) is 8.35. The first-order valence-corrected chi connectivity index (χ1v) is 14.2. The Morgan fingerprint density at radius 3 is 2.07 bits per heavy atom. The van der Waals surface area contributed by atoms with Gasteiger partial charge in [-0.05, 0) is 71.2 Å². The van der Waals surface area contributed by atoms with Crippen molar-refractivity contribution in [2.24, 2.45) is 0 Å². The highest BCUT2D eigenvalue weighted by Crippen LogP contribution is 2.37. The van der Waals surface area contributed by atoms with Gasteiger partial charge in [-0.2, -0.15) is 0 Å². The highest BCUT2D eigenvalue weighted by molar-refractivity contribution is 6.00. The van der Waals surface area contributed by atoms with Crippen molar-refractivity contribution in [3.05, 3.63) is 95.6 Å². The van der Waals surface area contributed by atoms with E-state index in [9.17, 15) is 19.5 Å². The number of aromatic hydroxyl groups is 1. The quantitative estimate of drug-likeness (QED) is 0.255. The number of nitrogens with zero attached hydrogens (tertiary/aromatic N) is 1. The van der Waals surface area contributed by atoms with E-state index in [0.717, 1.165) is 11.1 Å². The maximum atomic E-state index is 14.7. The highest BCUT2D eigenvalue weighted by Gasteiger charge is 2.44. The molecule has 0 radical (unpaired) electrons. The van der Waals surface area contributed by atoms with Gasteiger partial charge in [0.1, 0.15) is 23.4 Å². The number of benzene rings is 3. The van der Waals surface area contributed by atoms with Crippen LogP contribution in [-0.2, 0) is 20.7 Å². The van der Waals surface area contributed by atoms with Gasteiger partial charge in [0.25, 0.3) is 5.91 Å². The molecule has 0 bridgehead atoms. The molecule has 3 aromatic rings. The molecule has 2 unspecified atom stereocenters. The van der Waals surface area contributed by atoms with Crippen molar-refractivity contribution < 1.29 is 24.2 Å². The molecule has 224 valence electrons. The number of carbonyl (C=O) groups excluding carboxylic acids is 3. The van der Waals surface area contributed by atoms with Gasteiger partial charge in [0.05, 0.1) is 0 Å². The summed E-state index contributed by atoms with van der Waals surface area (Å²) < 4.78 is 5.51. The van der Waals surface area contributed by atoms with Gasteiger partial charge >= 0.3 is 6.09 Å². The van der Waals surface area contributed by atoms with E-state index in [1.54, 1.807) is 45.0 Å². The Morgan fingerprint density at radius 2 is 1.48 bits per heavy atom. The number of para-hydroxylation sites is 2. The second-order valence-electron chi connectivity index (χ2n) is 12.0. The molecule has 3 N–H and O–H groups in total. The van der Waals surface area contributed by atoms with E-state index >= 15 is 0 Å². The van der Waals surface area contributed by atoms with Crippen molar-refractivity contribution in [2.75, 3.05) is 5.32 Å². The second-order valence-corrected chi connectivity index (χ2v) is 12.0. The summed E-state index contributed by atoms with van der Waals surface area (Å²) in [6, 6.07) is 20.9. The zero-order chi connectivity index (χ0) is 31.1. The molecule has 0 spiro atoms. The SMILES string of the molecule is CCC(C)(C)N(C(=O)C(Cc1ccccc1)NC(=O)OC(C)(C)C)C(C(=O)Nc1ccccc1C)c1ccccc1O. The minimum absolute atomic E-state index is 0.119. The molecule has 8 nitrogen and oxygen atoms in total. The fourth-order valence-corrected chi connectivity index (χ4v) is 4.64. The van der Waals surface area contributed by atoms with Gasteiger partial charge in [0.2, 0.25) is 5.91 Å². The normalized spacial score (nSPS) is 13.0. The van der Waals surface area contributed by atoms with Gasteiger partial charge in [0.15, 0.2) is 0 Å². The van der Waals surface area contributed by atoms with Crippen molar-refractivity contribution in [1.29, 1.82) is 0 Å². The van der Waals surface area contributed by atoms with E-state index in [-0.39, 0.29) is 17.7 Å². The minimum Gasteiger partial charge on any atom is -0.508 e. The summed E-state index contributed by atoms with van der Waals surface area (Å²) in [5.41, 5.74) is 0.898. The van der Waals surface area contributed by atoms with Gasteiger partial charge in [-0.25, -0.2) is 4.79 Å². The predicted octanol–water partition coefficient (Wildman–Crippen LogP) is 6.53. The molecular weight excluding hydrogens is 530 g/mol. The van der Waals surface area contributed by atoms with Crippen molar-refractivity contribution in [2.45, 2.75) is 84.5 Å². The molecule has 3 amide bonds. The van der Waals surface area contributed by atoms with Crippen LogP contribution >= 0.6 is 0 Å². The third-order valence-corrected chi connectivity index (χ3v) is 7.17. The number of hydrogen-bond acceptors (Lipinski definition) is 5. The van der Waals surface area contributed by atoms with Crippen LogP contribution in [0.5, 0.6) is 5.75 Å².